The maximum absolute atomic E-state index is 13.4. The van der Waals surface area contributed by atoms with E-state index in [1.807, 2.05) is 28.0 Å². The summed E-state index contributed by atoms with van der Waals surface area (Å²) in [7, 11) is 1.70. The van der Waals surface area contributed by atoms with Crippen molar-refractivity contribution in [2.45, 2.75) is 51.5 Å². The highest BCUT2D eigenvalue weighted by Crippen LogP contribution is 2.45. The minimum absolute atomic E-state index is 0.176. The third kappa shape index (κ3) is 5.16. The molecular formula is C29H37N3O3. The second-order valence-electron chi connectivity index (χ2n) is 10.4. The van der Waals surface area contributed by atoms with Crippen molar-refractivity contribution in [2.24, 2.45) is 5.41 Å². The first-order valence-corrected chi connectivity index (χ1v) is 13.1. The lowest BCUT2D eigenvalue weighted by Gasteiger charge is -2.39. The predicted octanol–water partition coefficient (Wildman–Crippen LogP) is 4.27. The molecule has 2 fully saturated rings. The highest BCUT2D eigenvalue weighted by atomic mass is 16.5. The third-order valence-electron chi connectivity index (χ3n) is 8.26. The van der Waals surface area contributed by atoms with E-state index in [0.717, 1.165) is 63.2 Å². The van der Waals surface area contributed by atoms with Gasteiger partial charge in [0.25, 0.3) is 0 Å². The first kappa shape index (κ1) is 23.7. The van der Waals surface area contributed by atoms with Crippen molar-refractivity contribution in [1.29, 1.82) is 0 Å². The Bertz CT molecular complexity index is 1050. The van der Waals surface area contributed by atoms with Crippen LogP contribution in [0.5, 0.6) is 5.75 Å². The Morgan fingerprint density at radius 3 is 2.14 bits per heavy atom. The smallest absolute Gasteiger partial charge is 0.223 e. The lowest BCUT2D eigenvalue weighted by molar-refractivity contribution is -0.138. The number of methoxy groups -OCH3 is 1. The number of anilines is 1. The number of carbonyl (C=O) groups is 2. The molecule has 0 N–H and O–H groups in total. The number of benzene rings is 2. The largest absolute Gasteiger partial charge is 0.495 e. The number of amides is 2. The minimum Gasteiger partial charge on any atom is -0.495 e. The van der Waals surface area contributed by atoms with Gasteiger partial charge in [0.15, 0.2) is 0 Å². The Morgan fingerprint density at radius 2 is 1.43 bits per heavy atom. The van der Waals surface area contributed by atoms with Crippen molar-refractivity contribution in [1.82, 2.24) is 9.80 Å². The Morgan fingerprint density at radius 1 is 0.800 bits per heavy atom. The monoisotopic (exact) mass is 475 g/mol. The standard InChI is InChI=1S/C29H37N3O3/c1-35-26-11-5-4-10-25(26)30-16-18-31(19-17-30)27(33)20-29(13-6-7-14-29)21-28(34)32-15-12-23-8-2-3-9-24(23)22-32/h2-5,8-11H,6-7,12-22H2,1H3. The van der Waals surface area contributed by atoms with Gasteiger partial charge in [-0.1, -0.05) is 49.2 Å². The fourth-order valence-corrected chi connectivity index (χ4v) is 6.20. The first-order chi connectivity index (χ1) is 17.1. The number of rotatable bonds is 6. The highest BCUT2D eigenvalue weighted by molar-refractivity contribution is 5.81. The lowest BCUT2D eigenvalue weighted by atomic mass is 9.78. The van der Waals surface area contributed by atoms with Crippen molar-refractivity contribution in [3.05, 3.63) is 59.7 Å². The second-order valence-corrected chi connectivity index (χ2v) is 10.4. The van der Waals surface area contributed by atoms with E-state index in [1.54, 1.807) is 7.11 Å². The van der Waals surface area contributed by atoms with Crippen LogP contribution in [0.15, 0.2) is 48.5 Å². The summed E-state index contributed by atoms with van der Waals surface area (Å²) in [6.07, 6.45) is 6.12. The van der Waals surface area contributed by atoms with Crippen LogP contribution in [0.1, 0.15) is 49.7 Å². The van der Waals surface area contributed by atoms with Gasteiger partial charge in [-0.3, -0.25) is 9.59 Å². The number of carbonyl (C=O) groups excluding carboxylic acids is 2. The Labute approximate surface area is 208 Å². The molecule has 186 valence electrons. The third-order valence-corrected chi connectivity index (χ3v) is 8.26. The molecule has 6 nitrogen and oxygen atoms in total. The molecule has 0 aromatic heterocycles. The molecule has 3 aliphatic rings. The number of piperazine rings is 1. The topological polar surface area (TPSA) is 53.1 Å². The average Bonchev–Trinajstić information content (AvgIpc) is 3.36. The zero-order chi connectivity index (χ0) is 24.3. The number of nitrogens with zero attached hydrogens (tertiary/aromatic N) is 3. The van der Waals surface area contributed by atoms with E-state index < -0.39 is 0 Å². The van der Waals surface area contributed by atoms with Gasteiger partial charge in [0.2, 0.25) is 11.8 Å². The summed E-state index contributed by atoms with van der Waals surface area (Å²) in [5.41, 5.74) is 3.53. The molecule has 5 rings (SSSR count). The van der Waals surface area contributed by atoms with Gasteiger partial charge in [-0.2, -0.15) is 0 Å². The molecule has 2 aromatic rings. The van der Waals surface area contributed by atoms with Crippen LogP contribution in [0, 0.1) is 5.41 Å². The number of hydrogen-bond acceptors (Lipinski definition) is 4. The van der Waals surface area contributed by atoms with Crippen molar-refractivity contribution in [3.8, 4) is 5.75 Å². The summed E-state index contributed by atoms with van der Waals surface area (Å²) in [6, 6.07) is 16.5. The SMILES string of the molecule is COc1ccccc1N1CCN(C(=O)CC2(CC(=O)N3CCc4ccccc4C3)CCCC2)CC1. The molecule has 0 unspecified atom stereocenters. The van der Waals surface area contributed by atoms with Gasteiger partial charge < -0.3 is 19.4 Å². The van der Waals surface area contributed by atoms with E-state index in [4.69, 9.17) is 4.74 Å². The molecule has 1 saturated heterocycles. The predicted molar refractivity (Wildman–Crippen MR) is 137 cm³/mol. The van der Waals surface area contributed by atoms with Crippen LogP contribution >= 0.6 is 0 Å². The van der Waals surface area contributed by atoms with Crippen molar-refractivity contribution >= 4 is 17.5 Å². The second kappa shape index (κ2) is 10.3. The quantitative estimate of drug-likeness (QED) is 0.626. The minimum atomic E-state index is -0.176. The normalized spacial score (nSPS) is 19.4. The fraction of sp³-hybridized carbons (Fsp3) is 0.517. The number of para-hydroxylation sites is 2. The molecule has 6 heteroatoms. The Balaban J connectivity index is 1.19. The molecule has 2 aliphatic heterocycles. The zero-order valence-corrected chi connectivity index (χ0v) is 20.9. The highest BCUT2D eigenvalue weighted by Gasteiger charge is 2.40. The van der Waals surface area contributed by atoms with Crippen LogP contribution in [0.2, 0.25) is 0 Å². The van der Waals surface area contributed by atoms with Gasteiger partial charge in [-0.15, -0.1) is 0 Å². The van der Waals surface area contributed by atoms with E-state index >= 15 is 0 Å². The van der Waals surface area contributed by atoms with Gasteiger partial charge in [0.1, 0.15) is 5.75 Å². The molecule has 1 saturated carbocycles. The summed E-state index contributed by atoms with van der Waals surface area (Å²) in [4.78, 5) is 33.1. The Hall–Kier alpha value is -3.02. The van der Waals surface area contributed by atoms with Crippen LogP contribution in [-0.2, 0) is 22.6 Å². The number of fused-ring (bicyclic) bond motifs is 1. The Kier molecular flexibility index (Phi) is 6.98. The molecule has 0 spiro atoms. The van der Waals surface area contributed by atoms with Crippen molar-refractivity contribution < 1.29 is 14.3 Å². The molecule has 0 bridgehead atoms. The van der Waals surface area contributed by atoms with Crippen LogP contribution in [0.3, 0.4) is 0 Å². The molecule has 0 atom stereocenters. The molecule has 0 radical (unpaired) electrons. The summed E-state index contributed by atoms with van der Waals surface area (Å²) in [5.74, 6) is 1.30. The van der Waals surface area contributed by atoms with Gasteiger partial charge in [0.05, 0.1) is 12.8 Å². The van der Waals surface area contributed by atoms with E-state index in [1.165, 1.54) is 11.1 Å². The molecule has 2 aromatic carbocycles. The van der Waals surface area contributed by atoms with Gasteiger partial charge in [-0.25, -0.2) is 0 Å². The van der Waals surface area contributed by atoms with E-state index in [0.29, 0.717) is 32.5 Å². The van der Waals surface area contributed by atoms with Crippen LogP contribution in [0.4, 0.5) is 5.69 Å². The molecule has 2 amide bonds. The van der Waals surface area contributed by atoms with Crippen LogP contribution < -0.4 is 9.64 Å². The van der Waals surface area contributed by atoms with Crippen molar-refractivity contribution in [2.75, 3.05) is 44.7 Å². The number of ether oxygens (including phenoxy) is 1. The molecule has 1 aliphatic carbocycles. The van der Waals surface area contributed by atoms with E-state index in [-0.39, 0.29) is 17.2 Å². The van der Waals surface area contributed by atoms with Crippen LogP contribution in [-0.4, -0.2) is 61.4 Å². The first-order valence-electron chi connectivity index (χ1n) is 13.1. The van der Waals surface area contributed by atoms with Gasteiger partial charge in [0, 0.05) is 52.1 Å². The van der Waals surface area contributed by atoms with E-state index in [2.05, 4.69) is 35.2 Å². The van der Waals surface area contributed by atoms with Gasteiger partial charge in [-0.05, 0) is 47.9 Å². The van der Waals surface area contributed by atoms with Crippen molar-refractivity contribution in [3.63, 3.8) is 0 Å². The van der Waals surface area contributed by atoms with Gasteiger partial charge >= 0.3 is 0 Å². The molecule has 35 heavy (non-hydrogen) atoms. The summed E-state index contributed by atoms with van der Waals surface area (Å²) in [5, 5.41) is 0. The maximum atomic E-state index is 13.4. The van der Waals surface area contributed by atoms with Crippen LogP contribution in [0.25, 0.3) is 0 Å². The molecular weight excluding hydrogens is 438 g/mol. The summed E-state index contributed by atoms with van der Waals surface area (Å²) < 4.78 is 5.52. The zero-order valence-electron chi connectivity index (χ0n) is 20.9. The summed E-state index contributed by atoms with van der Waals surface area (Å²) >= 11 is 0. The maximum Gasteiger partial charge on any atom is 0.223 e. The number of hydrogen-bond donors (Lipinski definition) is 0. The fourth-order valence-electron chi connectivity index (χ4n) is 6.20. The summed E-state index contributed by atoms with van der Waals surface area (Å²) in [6.45, 7) is 4.50. The molecule has 2 heterocycles. The lowest BCUT2D eigenvalue weighted by Crippen LogP contribution is -2.50. The van der Waals surface area contributed by atoms with E-state index in [9.17, 15) is 9.59 Å². The average molecular weight is 476 g/mol.